The quantitative estimate of drug-likeness (QED) is 0.148. The average Bonchev–Trinajstić information content (AvgIpc) is 3.74. The molecule has 0 amide bonds. The lowest BCUT2D eigenvalue weighted by Crippen LogP contribution is -2.58. The summed E-state index contributed by atoms with van der Waals surface area (Å²) in [4.78, 5) is 58.7. The minimum absolute atomic E-state index is 0.0136. The summed E-state index contributed by atoms with van der Waals surface area (Å²) >= 11 is 0. The van der Waals surface area contributed by atoms with E-state index in [1.165, 1.54) is 0 Å². The molecule has 4 saturated carbocycles. The molecule has 57 heavy (non-hydrogen) atoms. The Kier molecular flexibility index (Phi) is 9.46. The summed E-state index contributed by atoms with van der Waals surface area (Å²) in [6.45, 7) is 8.18. The van der Waals surface area contributed by atoms with Gasteiger partial charge in [0.05, 0.1) is 41.2 Å². The lowest BCUT2D eigenvalue weighted by Gasteiger charge is -2.62. The van der Waals surface area contributed by atoms with E-state index in [0.29, 0.717) is 48.0 Å². The second kappa shape index (κ2) is 14.0. The highest BCUT2D eigenvalue weighted by molar-refractivity contribution is 5.89. The molecule has 0 radical (unpaired) electrons. The van der Waals surface area contributed by atoms with Crippen LogP contribution in [0.1, 0.15) is 115 Å². The fourth-order valence-electron chi connectivity index (χ4n) is 13.2. The van der Waals surface area contributed by atoms with Crippen molar-refractivity contribution < 1.29 is 38.8 Å². The molecule has 1 aromatic carbocycles. The molecule has 11 atom stereocenters. The van der Waals surface area contributed by atoms with Crippen LogP contribution in [0, 0.1) is 46.3 Å². The third-order valence-electron chi connectivity index (χ3n) is 16.2. The Morgan fingerprint density at radius 1 is 1.00 bits per heavy atom. The third-order valence-corrected chi connectivity index (χ3v) is 16.2. The molecule has 11 heteroatoms. The third kappa shape index (κ3) is 5.99. The fraction of sp³-hybridized carbons (Fsp3) is 0.630. The minimum atomic E-state index is -1.88. The highest BCUT2D eigenvalue weighted by atomic mass is 16.6. The van der Waals surface area contributed by atoms with Crippen molar-refractivity contribution in [2.45, 2.75) is 129 Å². The van der Waals surface area contributed by atoms with Crippen molar-refractivity contribution in [2.75, 3.05) is 6.61 Å². The number of benzene rings is 1. The number of aliphatic hydroxyl groups excluding tert-OH is 2. The molecular weight excluding hydrogens is 725 g/mol. The molecule has 9 rings (SSSR count). The Labute approximate surface area is 333 Å². The molecule has 0 spiro atoms. The van der Waals surface area contributed by atoms with Crippen LogP contribution < -0.4 is 5.56 Å². The highest BCUT2D eigenvalue weighted by Gasteiger charge is 2.63. The first-order chi connectivity index (χ1) is 27.3. The summed E-state index contributed by atoms with van der Waals surface area (Å²) in [7, 11) is 0. The van der Waals surface area contributed by atoms with E-state index in [1.807, 2.05) is 30.3 Å². The number of ether oxygens (including phenoxy) is 3. The maximum atomic E-state index is 13.9. The predicted octanol–water partition coefficient (Wildman–Crippen LogP) is 6.58. The monoisotopic (exact) mass is 780 g/mol. The van der Waals surface area contributed by atoms with Gasteiger partial charge in [-0.25, -0.2) is 14.6 Å². The van der Waals surface area contributed by atoms with Crippen molar-refractivity contribution in [3.8, 4) is 11.4 Å². The van der Waals surface area contributed by atoms with Crippen LogP contribution >= 0.6 is 0 Å². The SMILES string of the molecule is CC[C@@]1(OC(=O)COC(=O)CC[C@@H](C)C2CCC3C4C(CCC32C)C2(C)CCC(O)CC2C[C@H]4O)C(=O)OCc2c1cc1n(c2=O)Cc2cc3ccccc3nc2-1. The van der Waals surface area contributed by atoms with Gasteiger partial charge in [0.25, 0.3) is 5.56 Å². The Hall–Kier alpha value is -4.09. The Bertz CT molecular complexity index is 2200. The van der Waals surface area contributed by atoms with E-state index in [0.717, 1.165) is 67.8 Å². The Morgan fingerprint density at radius 2 is 1.77 bits per heavy atom. The first-order valence-electron chi connectivity index (χ1n) is 21.3. The van der Waals surface area contributed by atoms with Gasteiger partial charge in [0, 0.05) is 22.9 Å². The summed E-state index contributed by atoms with van der Waals surface area (Å²) in [5.41, 5.74) is 1.42. The zero-order valence-electron chi connectivity index (χ0n) is 33.6. The second-order valence-electron chi connectivity index (χ2n) is 18.9. The molecule has 6 aliphatic rings. The summed E-state index contributed by atoms with van der Waals surface area (Å²) in [5.74, 6) is 0.0654. The lowest BCUT2D eigenvalue weighted by atomic mass is 9.43. The lowest BCUT2D eigenvalue weighted by molar-refractivity contribution is -0.192. The van der Waals surface area contributed by atoms with Gasteiger partial charge in [-0.1, -0.05) is 45.9 Å². The predicted molar refractivity (Wildman–Crippen MR) is 210 cm³/mol. The molecule has 0 bridgehead atoms. The molecule has 0 saturated heterocycles. The van der Waals surface area contributed by atoms with Gasteiger partial charge < -0.3 is 29.0 Å². The van der Waals surface area contributed by atoms with E-state index in [4.69, 9.17) is 19.2 Å². The standard InChI is InChI=1S/C46H56N2O9/c1-5-46(34-21-36-41-27(18-26-8-6-7-9-35(26)47-41)22-48(36)42(53)30(34)23-56-43(46)54)57-39(52)24-55-38(51)13-10-25(2)31-11-12-32-40-33(15-17-45(31,32)4)44(3)16-14-29(49)19-28(44)20-37(40)50/h6-9,18,21,25,28-29,31-33,37,40,49-50H,5,10-17,19-20,22-24H2,1-4H3/t25-,28?,29?,31?,32?,33?,37-,40?,44?,45?,46+/m1/s1. The van der Waals surface area contributed by atoms with Crippen molar-refractivity contribution in [1.82, 2.24) is 9.55 Å². The second-order valence-corrected chi connectivity index (χ2v) is 18.9. The van der Waals surface area contributed by atoms with Crippen molar-refractivity contribution in [3.63, 3.8) is 0 Å². The number of cyclic esters (lactones) is 1. The summed E-state index contributed by atoms with van der Waals surface area (Å²) in [6.07, 6.45) is 8.05. The van der Waals surface area contributed by atoms with Crippen LogP contribution in [-0.2, 0) is 47.3 Å². The van der Waals surface area contributed by atoms with E-state index >= 15 is 0 Å². The van der Waals surface area contributed by atoms with Gasteiger partial charge in [0.15, 0.2) is 6.61 Å². The summed E-state index contributed by atoms with van der Waals surface area (Å²) < 4.78 is 18.4. The van der Waals surface area contributed by atoms with Gasteiger partial charge in [-0.3, -0.25) is 9.59 Å². The number of aliphatic hydroxyl groups is 2. The molecule has 4 fully saturated rings. The van der Waals surface area contributed by atoms with Gasteiger partial charge in [-0.2, -0.15) is 0 Å². The van der Waals surface area contributed by atoms with Gasteiger partial charge in [-0.15, -0.1) is 0 Å². The van der Waals surface area contributed by atoms with Crippen LogP contribution in [0.3, 0.4) is 0 Å². The van der Waals surface area contributed by atoms with Crippen LogP contribution in [0.15, 0.2) is 41.2 Å². The molecule has 4 heterocycles. The molecular formula is C46H56N2O9. The van der Waals surface area contributed by atoms with Crippen LogP contribution in [0.4, 0.5) is 0 Å². The van der Waals surface area contributed by atoms with Crippen LogP contribution in [0.5, 0.6) is 0 Å². The van der Waals surface area contributed by atoms with Crippen molar-refractivity contribution in [2.24, 2.45) is 46.3 Å². The molecule has 304 valence electrons. The first-order valence-corrected chi connectivity index (χ1v) is 21.3. The topological polar surface area (TPSA) is 154 Å². The number of nitrogens with zero attached hydrogens (tertiary/aromatic N) is 2. The average molecular weight is 781 g/mol. The molecule has 2 N–H and O–H groups in total. The zero-order valence-corrected chi connectivity index (χ0v) is 33.6. The number of pyridine rings is 2. The Morgan fingerprint density at radius 3 is 2.58 bits per heavy atom. The largest absolute Gasteiger partial charge is 0.457 e. The zero-order chi connectivity index (χ0) is 40.0. The normalized spacial score (nSPS) is 35.5. The molecule has 4 aliphatic carbocycles. The van der Waals surface area contributed by atoms with Crippen LogP contribution in [0.2, 0.25) is 0 Å². The number of rotatable bonds is 8. The first kappa shape index (κ1) is 38.4. The van der Waals surface area contributed by atoms with E-state index in [9.17, 15) is 29.4 Å². The number of aromatic nitrogens is 2. The van der Waals surface area contributed by atoms with E-state index in [1.54, 1.807) is 17.6 Å². The van der Waals surface area contributed by atoms with Gasteiger partial charge in [0.1, 0.15) is 6.61 Å². The number of para-hydroxylation sites is 1. The number of fused-ring (bicyclic) bond motifs is 10. The van der Waals surface area contributed by atoms with Crippen molar-refractivity contribution in [1.29, 1.82) is 0 Å². The summed E-state index contributed by atoms with van der Waals surface area (Å²) in [6, 6.07) is 11.5. The van der Waals surface area contributed by atoms with Crippen LogP contribution in [-0.4, -0.2) is 56.5 Å². The van der Waals surface area contributed by atoms with Crippen molar-refractivity contribution >= 4 is 28.8 Å². The number of esters is 3. The maximum Gasteiger partial charge on any atom is 0.355 e. The van der Waals surface area contributed by atoms with Gasteiger partial charge >= 0.3 is 17.9 Å². The van der Waals surface area contributed by atoms with E-state index in [-0.39, 0.29) is 71.0 Å². The van der Waals surface area contributed by atoms with Crippen molar-refractivity contribution in [3.05, 3.63) is 63.4 Å². The van der Waals surface area contributed by atoms with Gasteiger partial charge in [0.2, 0.25) is 5.60 Å². The number of carbonyl (C=O) groups is 3. The fourth-order valence-corrected chi connectivity index (χ4v) is 13.2. The number of hydrogen-bond donors (Lipinski definition) is 2. The summed E-state index contributed by atoms with van der Waals surface area (Å²) in [5, 5.41) is 23.0. The van der Waals surface area contributed by atoms with E-state index in [2.05, 4.69) is 20.8 Å². The van der Waals surface area contributed by atoms with Crippen LogP contribution in [0.25, 0.3) is 22.3 Å². The smallest absolute Gasteiger partial charge is 0.355 e. The maximum absolute atomic E-state index is 13.9. The number of hydrogen-bond acceptors (Lipinski definition) is 10. The minimum Gasteiger partial charge on any atom is -0.457 e. The Balaban J connectivity index is 0.844. The number of carbonyl (C=O) groups excluding carboxylic acids is 3. The van der Waals surface area contributed by atoms with E-state index < -0.39 is 30.1 Å². The molecule has 2 aromatic heterocycles. The molecule has 11 nitrogen and oxygen atoms in total. The molecule has 8 unspecified atom stereocenters. The van der Waals surface area contributed by atoms with Gasteiger partial charge in [-0.05, 0) is 129 Å². The molecule has 3 aromatic rings. The highest BCUT2D eigenvalue weighted by Crippen LogP contribution is 2.68. The molecule has 2 aliphatic heterocycles.